The van der Waals surface area contributed by atoms with Gasteiger partial charge in [0.2, 0.25) is 0 Å². The van der Waals surface area contributed by atoms with E-state index in [2.05, 4.69) is 20.8 Å². The second-order valence-electron chi connectivity index (χ2n) is 5.34. The molecule has 6 heteroatoms. The van der Waals surface area contributed by atoms with Crippen molar-refractivity contribution >= 4 is 48.9 Å². The number of nitrogen functional groups attached to an aromatic ring is 1. The molecule has 0 aliphatic heterocycles. The number of anilines is 1. The molecule has 0 saturated carbocycles. The lowest BCUT2D eigenvalue weighted by molar-refractivity contribution is 0.0796. The third kappa shape index (κ3) is 3.56. The second-order valence-corrected chi connectivity index (χ2v) is 7.25. The Hall–Kier alpha value is -1.11. The van der Waals surface area contributed by atoms with Gasteiger partial charge in [0.25, 0.3) is 5.91 Å². The smallest absolute Gasteiger partial charge is 0.265 e. The minimum atomic E-state index is -0.000596. The number of nitrogens with two attached hydrogens (primary N) is 1. The van der Waals surface area contributed by atoms with Crippen molar-refractivity contribution in [2.24, 2.45) is 0 Å². The van der Waals surface area contributed by atoms with Crippen LogP contribution in [0.25, 0.3) is 10.1 Å². The first-order valence-corrected chi connectivity index (χ1v) is 8.39. The van der Waals surface area contributed by atoms with Gasteiger partial charge in [-0.3, -0.25) is 4.79 Å². The molecule has 0 saturated heterocycles. The summed E-state index contributed by atoms with van der Waals surface area (Å²) in [4.78, 5) is 17.0. The Labute approximate surface area is 137 Å². The van der Waals surface area contributed by atoms with E-state index in [4.69, 9.17) is 5.73 Å². The highest BCUT2D eigenvalue weighted by Crippen LogP contribution is 2.38. The normalized spacial score (nSPS) is 11.3. The molecule has 21 heavy (non-hydrogen) atoms. The average Bonchev–Trinajstić information content (AvgIpc) is 2.76. The predicted octanol–water partition coefficient (Wildman–Crippen LogP) is 3.27. The molecule has 0 spiro atoms. The zero-order valence-corrected chi connectivity index (χ0v) is 14.9. The minimum Gasteiger partial charge on any atom is -0.397 e. The van der Waals surface area contributed by atoms with Crippen molar-refractivity contribution in [3.63, 3.8) is 0 Å². The maximum absolute atomic E-state index is 12.5. The quantitative estimate of drug-likeness (QED) is 0.879. The maximum Gasteiger partial charge on any atom is 0.265 e. The van der Waals surface area contributed by atoms with Crippen LogP contribution in [0.1, 0.15) is 16.1 Å². The Kier molecular flexibility index (Phi) is 5.24. The summed E-state index contributed by atoms with van der Waals surface area (Å²) in [6, 6.07) is 5.89. The average molecular weight is 370 g/mol. The third-order valence-corrected chi connectivity index (χ3v) is 5.16. The summed E-state index contributed by atoms with van der Waals surface area (Å²) in [5.41, 5.74) is 6.76. The number of nitrogens with zero attached hydrogens (tertiary/aromatic N) is 2. The Morgan fingerprint density at radius 3 is 2.62 bits per heavy atom. The van der Waals surface area contributed by atoms with E-state index >= 15 is 0 Å². The maximum atomic E-state index is 12.5. The first kappa shape index (κ1) is 16.3. The number of halogens is 1. The summed E-state index contributed by atoms with van der Waals surface area (Å²) in [5, 5.41) is 0.938. The second kappa shape index (κ2) is 6.77. The number of carbonyl (C=O) groups excluding carboxylic acids is 1. The van der Waals surface area contributed by atoms with Crippen LogP contribution in [0.3, 0.4) is 0 Å². The van der Waals surface area contributed by atoms with Gasteiger partial charge in [-0.05, 0) is 39.2 Å². The first-order chi connectivity index (χ1) is 9.91. The molecule has 1 aromatic heterocycles. The van der Waals surface area contributed by atoms with Crippen molar-refractivity contribution in [3.05, 3.63) is 27.5 Å². The van der Waals surface area contributed by atoms with Gasteiger partial charge in [0.15, 0.2) is 0 Å². The van der Waals surface area contributed by atoms with E-state index in [1.807, 2.05) is 39.3 Å². The van der Waals surface area contributed by atoms with Crippen LogP contribution in [-0.4, -0.2) is 49.9 Å². The monoisotopic (exact) mass is 369 g/mol. The van der Waals surface area contributed by atoms with E-state index < -0.39 is 0 Å². The SMILES string of the molecule is CN(C)CCCN(C)C(=O)c1sc2cccc(Br)c2c1N. The number of hydrogen-bond acceptors (Lipinski definition) is 4. The Morgan fingerprint density at radius 2 is 2.00 bits per heavy atom. The van der Waals surface area contributed by atoms with Gasteiger partial charge in [0, 0.05) is 28.2 Å². The number of carbonyl (C=O) groups is 1. The van der Waals surface area contributed by atoms with Crippen molar-refractivity contribution in [1.82, 2.24) is 9.80 Å². The van der Waals surface area contributed by atoms with E-state index in [1.54, 1.807) is 4.90 Å². The first-order valence-electron chi connectivity index (χ1n) is 6.78. The van der Waals surface area contributed by atoms with Gasteiger partial charge in [-0.15, -0.1) is 11.3 Å². The zero-order valence-electron chi connectivity index (χ0n) is 12.5. The molecule has 0 radical (unpaired) electrons. The van der Waals surface area contributed by atoms with Gasteiger partial charge < -0.3 is 15.5 Å². The fraction of sp³-hybridized carbons (Fsp3) is 0.400. The molecule has 1 aromatic carbocycles. The van der Waals surface area contributed by atoms with E-state index in [-0.39, 0.29) is 5.91 Å². The van der Waals surface area contributed by atoms with Crippen molar-refractivity contribution in [2.45, 2.75) is 6.42 Å². The van der Waals surface area contributed by atoms with E-state index in [0.717, 1.165) is 34.1 Å². The van der Waals surface area contributed by atoms with E-state index in [1.165, 1.54) is 11.3 Å². The van der Waals surface area contributed by atoms with Gasteiger partial charge >= 0.3 is 0 Å². The molecule has 2 aromatic rings. The number of hydrogen-bond donors (Lipinski definition) is 1. The summed E-state index contributed by atoms with van der Waals surface area (Å²) >= 11 is 4.96. The molecular weight excluding hydrogens is 350 g/mol. The van der Waals surface area contributed by atoms with Crippen LogP contribution in [0, 0.1) is 0 Å². The van der Waals surface area contributed by atoms with Crippen LogP contribution in [0.2, 0.25) is 0 Å². The molecule has 0 atom stereocenters. The lowest BCUT2D eigenvalue weighted by Crippen LogP contribution is -2.29. The summed E-state index contributed by atoms with van der Waals surface area (Å²) in [6.45, 7) is 1.69. The number of amides is 1. The van der Waals surface area contributed by atoms with Gasteiger partial charge in [-0.25, -0.2) is 0 Å². The van der Waals surface area contributed by atoms with E-state index in [9.17, 15) is 4.79 Å². The molecule has 1 amide bonds. The van der Waals surface area contributed by atoms with Crippen LogP contribution in [0.5, 0.6) is 0 Å². The summed E-state index contributed by atoms with van der Waals surface area (Å²) in [6.07, 6.45) is 0.948. The topological polar surface area (TPSA) is 49.6 Å². The zero-order chi connectivity index (χ0) is 15.6. The molecular formula is C15H20BrN3OS. The van der Waals surface area contributed by atoms with Gasteiger partial charge in [0.1, 0.15) is 4.88 Å². The fourth-order valence-corrected chi connectivity index (χ4v) is 4.04. The van der Waals surface area contributed by atoms with Crippen molar-refractivity contribution in [2.75, 3.05) is 40.0 Å². The lowest BCUT2D eigenvalue weighted by atomic mass is 10.2. The third-order valence-electron chi connectivity index (χ3n) is 3.34. The number of rotatable bonds is 5. The Balaban J connectivity index is 2.19. The predicted molar refractivity (Wildman–Crippen MR) is 94.1 cm³/mol. The van der Waals surface area contributed by atoms with Gasteiger partial charge in [-0.2, -0.15) is 0 Å². The molecule has 0 bridgehead atoms. The molecule has 0 aliphatic carbocycles. The minimum absolute atomic E-state index is 0.000596. The molecule has 1 heterocycles. The largest absolute Gasteiger partial charge is 0.397 e. The Morgan fingerprint density at radius 1 is 1.29 bits per heavy atom. The molecule has 0 fully saturated rings. The highest BCUT2D eigenvalue weighted by atomic mass is 79.9. The lowest BCUT2D eigenvalue weighted by Gasteiger charge is -2.18. The summed E-state index contributed by atoms with van der Waals surface area (Å²) in [5.74, 6) is -0.000596. The van der Waals surface area contributed by atoms with Crippen LogP contribution in [-0.2, 0) is 0 Å². The van der Waals surface area contributed by atoms with Gasteiger partial charge in [0.05, 0.1) is 5.69 Å². The molecule has 2 rings (SSSR count). The standard InChI is InChI=1S/C15H20BrN3OS/c1-18(2)8-5-9-19(3)15(20)14-13(17)12-10(16)6-4-7-11(12)21-14/h4,6-7H,5,8-9,17H2,1-3H3. The fourth-order valence-electron chi connectivity index (χ4n) is 2.19. The Bertz CT molecular complexity index is 654. The van der Waals surface area contributed by atoms with Crippen molar-refractivity contribution < 1.29 is 4.79 Å². The highest BCUT2D eigenvalue weighted by Gasteiger charge is 2.20. The van der Waals surface area contributed by atoms with Crippen LogP contribution in [0.15, 0.2) is 22.7 Å². The van der Waals surface area contributed by atoms with Gasteiger partial charge in [-0.1, -0.05) is 22.0 Å². The molecule has 114 valence electrons. The number of benzene rings is 1. The van der Waals surface area contributed by atoms with Crippen molar-refractivity contribution in [1.29, 1.82) is 0 Å². The summed E-state index contributed by atoms with van der Waals surface area (Å²) < 4.78 is 1.97. The summed E-state index contributed by atoms with van der Waals surface area (Å²) in [7, 11) is 5.89. The van der Waals surface area contributed by atoms with Crippen molar-refractivity contribution in [3.8, 4) is 0 Å². The van der Waals surface area contributed by atoms with Crippen LogP contribution >= 0.6 is 27.3 Å². The number of fused-ring (bicyclic) bond motifs is 1. The highest BCUT2D eigenvalue weighted by molar-refractivity contribution is 9.10. The van der Waals surface area contributed by atoms with Crippen LogP contribution < -0.4 is 5.73 Å². The van der Waals surface area contributed by atoms with Crippen LogP contribution in [0.4, 0.5) is 5.69 Å². The van der Waals surface area contributed by atoms with E-state index in [0.29, 0.717) is 10.6 Å². The molecule has 0 aliphatic rings. The molecule has 0 unspecified atom stereocenters. The number of thiophene rings is 1. The molecule has 2 N–H and O–H groups in total. The molecule has 4 nitrogen and oxygen atoms in total.